The summed E-state index contributed by atoms with van der Waals surface area (Å²) in [7, 11) is 0. The Labute approximate surface area is 106 Å². The van der Waals surface area contributed by atoms with Crippen molar-refractivity contribution >= 4 is 23.3 Å². The molecule has 18 heavy (non-hydrogen) atoms. The second-order valence-electron chi connectivity index (χ2n) is 4.53. The van der Waals surface area contributed by atoms with Crippen molar-refractivity contribution in [2.75, 3.05) is 35.7 Å². The fraction of sp³-hybridized carbons (Fsp3) is 0.417. The van der Waals surface area contributed by atoms with Crippen LogP contribution in [0.3, 0.4) is 0 Å². The van der Waals surface area contributed by atoms with Crippen molar-refractivity contribution in [1.82, 2.24) is 5.32 Å². The third-order valence-electron chi connectivity index (χ3n) is 3.24. The Balaban J connectivity index is 2.37. The summed E-state index contributed by atoms with van der Waals surface area (Å²) in [6.07, 6.45) is 0.736. The highest BCUT2D eigenvalue weighted by Gasteiger charge is 2.20. The Kier molecular flexibility index (Phi) is 3.69. The summed E-state index contributed by atoms with van der Waals surface area (Å²) in [6.45, 7) is 4.82. The summed E-state index contributed by atoms with van der Waals surface area (Å²) in [5.41, 5.74) is 10.9. The van der Waals surface area contributed by atoms with Crippen molar-refractivity contribution in [3.8, 4) is 0 Å². The number of anilines is 3. The van der Waals surface area contributed by atoms with E-state index in [4.69, 9.17) is 11.6 Å². The first-order valence-electron chi connectivity index (χ1n) is 6.00. The number of nitrogens with one attached hydrogen (secondary N) is 2. The first-order valence-corrected chi connectivity index (χ1v) is 6.00. The normalized spacial score (nSPS) is 19.7. The zero-order valence-electron chi connectivity index (χ0n) is 10.4. The molecule has 0 saturated carbocycles. The number of hydrogen-bond acceptors (Lipinski definition) is 6. The van der Waals surface area contributed by atoms with Gasteiger partial charge in [-0.25, -0.2) is 0 Å². The molecule has 2 rings (SSSR count). The third kappa shape index (κ3) is 2.25. The Bertz CT molecular complexity index is 448. The van der Waals surface area contributed by atoms with Gasteiger partial charge in [-0.15, -0.1) is 0 Å². The van der Waals surface area contributed by atoms with Gasteiger partial charge in [0.25, 0.3) is 0 Å². The lowest BCUT2D eigenvalue weighted by Gasteiger charge is -2.35. The number of nitrogens with two attached hydrogens (primary N) is 2. The second kappa shape index (κ2) is 5.24. The zero-order chi connectivity index (χ0) is 13.1. The maximum absolute atomic E-state index is 10.9. The van der Waals surface area contributed by atoms with E-state index in [1.54, 1.807) is 6.07 Å². The minimum atomic E-state index is 0.399. The quantitative estimate of drug-likeness (QED) is 0.264. The first kappa shape index (κ1) is 12.7. The number of benzene rings is 1. The van der Waals surface area contributed by atoms with Crippen molar-refractivity contribution < 1.29 is 4.79 Å². The Morgan fingerprint density at radius 2 is 2.33 bits per heavy atom. The van der Waals surface area contributed by atoms with E-state index < -0.39 is 0 Å². The number of piperazine rings is 1. The van der Waals surface area contributed by atoms with Crippen LogP contribution in [-0.2, 0) is 0 Å². The molecule has 6 N–H and O–H groups in total. The van der Waals surface area contributed by atoms with Crippen LogP contribution in [0.4, 0.5) is 17.1 Å². The lowest BCUT2D eigenvalue weighted by Crippen LogP contribution is -2.49. The van der Waals surface area contributed by atoms with Crippen LogP contribution in [-0.4, -0.2) is 32.0 Å². The number of nitrogen functional groups attached to an aromatic ring is 2. The predicted octanol–water partition coefficient (Wildman–Crippen LogP) is 0.165. The van der Waals surface area contributed by atoms with E-state index in [-0.39, 0.29) is 0 Å². The summed E-state index contributed by atoms with van der Waals surface area (Å²) in [4.78, 5) is 13.1. The zero-order valence-corrected chi connectivity index (χ0v) is 10.4. The lowest BCUT2D eigenvalue weighted by atomic mass is 10.1. The second-order valence-corrected chi connectivity index (χ2v) is 4.53. The standard InChI is InChI=1S/C12H19N5O/c1-8-6-17(5-4-15-8)10-3-2-9(7-18)11(13)12(10)16-14/h2-3,7-8,15-16H,4-6,13-14H2,1H3. The molecule has 0 bridgehead atoms. The van der Waals surface area contributed by atoms with E-state index >= 15 is 0 Å². The topological polar surface area (TPSA) is 96.4 Å². The molecule has 0 spiro atoms. The molecule has 1 saturated heterocycles. The number of carbonyl (C=O) groups is 1. The Morgan fingerprint density at radius 3 is 2.94 bits per heavy atom. The summed E-state index contributed by atoms with van der Waals surface area (Å²) in [5, 5.41) is 3.38. The van der Waals surface area contributed by atoms with Crippen molar-refractivity contribution in [2.24, 2.45) is 5.84 Å². The van der Waals surface area contributed by atoms with Crippen LogP contribution in [0.5, 0.6) is 0 Å². The van der Waals surface area contributed by atoms with E-state index in [9.17, 15) is 4.79 Å². The summed E-state index contributed by atoms with van der Waals surface area (Å²) >= 11 is 0. The van der Waals surface area contributed by atoms with E-state index in [1.165, 1.54) is 0 Å². The minimum Gasteiger partial charge on any atom is -0.396 e. The smallest absolute Gasteiger partial charge is 0.152 e. The average Bonchev–Trinajstić information content (AvgIpc) is 2.38. The van der Waals surface area contributed by atoms with Gasteiger partial charge >= 0.3 is 0 Å². The molecule has 1 unspecified atom stereocenters. The highest BCUT2D eigenvalue weighted by atomic mass is 16.1. The van der Waals surface area contributed by atoms with Gasteiger partial charge in [-0.3, -0.25) is 10.6 Å². The molecule has 1 fully saturated rings. The molecule has 0 aliphatic carbocycles. The molecule has 1 aliphatic heterocycles. The fourth-order valence-corrected chi connectivity index (χ4v) is 2.29. The van der Waals surface area contributed by atoms with Crippen molar-refractivity contribution in [1.29, 1.82) is 0 Å². The molecule has 0 amide bonds. The van der Waals surface area contributed by atoms with Crippen LogP contribution in [0, 0.1) is 0 Å². The maximum atomic E-state index is 10.9. The molecular weight excluding hydrogens is 230 g/mol. The molecule has 98 valence electrons. The van der Waals surface area contributed by atoms with Gasteiger partial charge in [0.05, 0.1) is 17.1 Å². The number of hydrogen-bond donors (Lipinski definition) is 4. The first-order chi connectivity index (χ1) is 8.67. The largest absolute Gasteiger partial charge is 0.396 e. The Hall–Kier alpha value is -1.79. The maximum Gasteiger partial charge on any atom is 0.152 e. The highest BCUT2D eigenvalue weighted by Crippen LogP contribution is 2.33. The van der Waals surface area contributed by atoms with Crippen LogP contribution in [0.25, 0.3) is 0 Å². The van der Waals surface area contributed by atoms with Gasteiger partial charge in [0.15, 0.2) is 6.29 Å². The van der Waals surface area contributed by atoms with E-state index in [1.807, 2.05) is 6.07 Å². The molecule has 1 aliphatic rings. The van der Waals surface area contributed by atoms with Crippen LogP contribution in [0.15, 0.2) is 12.1 Å². The number of rotatable bonds is 3. The molecule has 6 nitrogen and oxygen atoms in total. The van der Waals surface area contributed by atoms with Gasteiger partial charge in [0.1, 0.15) is 0 Å². The molecule has 1 atom stereocenters. The van der Waals surface area contributed by atoms with Gasteiger partial charge < -0.3 is 21.4 Å². The van der Waals surface area contributed by atoms with Crippen molar-refractivity contribution in [2.45, 2.75) is 13.0 Å². The van der Waals surface area contributed by atoms with E-state index in [0.717, 1.165) is 31.6 Å². The van der Waals surface area contributed by atoms with Crippen LogP contribution < -0.4 is 27.2 Å². The number of carbonyl (C=O) groups excluding carboxylic acids is 1. The van der Waals surface area contributed by atoms with Crippen molar-refractivity contribution in [3.05, 3.63) is 17.7 Å². The van der Waals surface area contributed by atoms with Crippen LogP contribution in [0.2, 0.25) is 0 Å². The molecule has 1 aromatic carbocycles. The average molecular weight is 249 g/mol. The number of aldehydes is 1. The van der Waals surface area contributed by atoms with Gasteiger partial charge in [0.2, 0.25) is 0 Å². The van der Waals surface area contributed by atoms with E-state index in [2.05, 4.69) is 22.6 Å². The van der Waals surface area contributed by atoms with Gasteiger partial charge in [-0.2, -0.15) is 0 Å². The molecule has 6 heteroatoms. The third-order valence-corrected chi connectivity index (χ3v) is 3.24. The highest BCUT2D eigenvalue weighted by molar-refractivity contribution is 5.94. The summed E-state index contributed by atoms with van der Waals surface area (Å²) in [5.74, 6) is 5.53. The SMILES string of the molecule is CC1CN(c2ccc(C=O)c(N)c2NN)CCN1. The molecule has 1 aromatic rings. The number of nitrogens with zero attached hydrogens (tertiary/aromatic N) is 1. The summed E-state index contributed by atoms with van der Waals surface area (Å²) in [6, 6.07) is 4.02. The number of hydrazine groups is 1. The van der Waals surface area contributed by atoms with Gasteiger partial charge in [-0.05, 0) is 19.1 Å². The monoisotopic (exact) mass is 249 g/mol. The molecule has 0 radical (unpaired) electrons. The van der Waals surface area contributed by atoms with Crippen LogP contribution >= 0.6 is 0 Å². The van der Waals surface area contributed by atoms with Crippen LogP contribution in [0.1, 0.15) is 17.3 Å². The Morgan fingerprint density at radius 1 is 1.56 bits per heavy atom. The van der Waals surface area contributed by atoms with Gasteiger partial charge in [-0.1, -0.05) is 0 Å². The lowest BCUT2D eigenvalue weighted by molar-refractivity contribution is 0.112. The molecular formula is C12H19N5O. The summed E-state index contributed by atoms with van der Waals surface area (Å²) < 4.78 is 0. The molecule has 1 heterocycles. The molecule has 0 aromatic heterocycles. The van der Waals surface area contributed by atoms with E-state index in [0.29, 0.717) is 23.0 Å². The fourth-order valence-electron chi connectivity index (χ4n) is 2.29. The van der Waals surface area contributed by atoms with Gasteiger partial charge in [0, 0.05) is 31.2 Å². The predicted molar refractivity (Wildman–Crippen MR) is 73.7 cm³/mol. The minimum absolute atomic E-state index is 0.399. The van der Waals surface area contributed by atoms with Crippen molar-refractivity contribution in [3.63, 3.8) is 0 Å².